The van der Waals surface area contributed by atoms with Crippen molar-refractivity contribution in [3.8, 4) is 11.5 Å². The van der Waals surface area contributed by atoms with Gasteiger partial charge in [0.25, 0.3) is 0 Å². The van der Waals surface area contributed by atoms with Crippen LogP contribution in [-0.4, -0.2) is 62.5 Å². The number of rotatable bonds is 3. The van der Waals surface area contributed by atoms with Crippen LogP contribution in [0.3, 0.4) is 0 Å². The fourth-order valence-electron chi connectivity index (χ4n) is 4.23. The van der Waals surface area contributed by atoms with E-state index in [9.17, 15) is 0 Å². The first-order chi connectivity index (χ1) is 12.1. The zero-order chi connectivity index (χ0) is 17.4. The Hall–Kier alpha value is -1.79. The molecule has 0 amide bonds. The molecule has 2 saturated heterocycles. The molecule has 2 aliphatic rings. The number of hydrogen-bond donors (Lipinski definition) is 1. The molecule has 4 heterocycles. The molecule has 2 aromatic heterocycles. The van der Waals surface area contributed by atoms with Gasteiger partial charge < -0.3 is 9.88 Å². The van der Waals surface area contributed by atoms with Crippen LogP contribution in [0.25, 0.3) is 11.5 Å². The Morgan fingerprint density at radius 3 is 2.60 bits per heavy atom. The minimum absolute atomic E-state index is 0.350. The molecule has 0 radical (unpaired) electrons. The van der Waals surface area contributed by atoms with Crippen molar-refractivity contribution in [3.63, 3.8) is 0 Å². The van der Waals surface area contributed by atoms with E-state index in [1.54, 1.807) is 0 Å². The Labute approximate surface area is 149 Å². The second-order valence-electron chi connectivity index (χ2n) is 7.60. The van der Waals surface area contributed by atoms with Crippen molar-refractivity contribution < 1.29 is 0 Å². The lowest BCUT2D eigenvalue weighted by Gasteiger charge is -2.37. The lowest BCUT2D eigenvalue weighted by Crippen LogP contribution is -2.43. The van der Waals surface area contributed by atoms with Gasteiger partial charge in [-0.15, -0.1) is 0 Å². The SMILES string of the molecule is Cc1cc(-c2ncc(C)[nH]2)nc([C@@H]2CCCN2C2CCN(C)CC2)n1. The first kappa shape index (κ1) is 16.7. The van der Waals surface area contributed by atoms with Crippen LogP contribution in [0, 0.1) is 13.8 Å². The van der Waals surface area contributed by atoms with Crippen LogP contribution in [0.15, 0.2) is 12.3 Å². The van der Waals surface area contributed by atoms with Gasteiger partial charge in [0.2, 0.25) is 0 Å². The first-order valence-corrected chi connectivity index (χ1v) is 9.42. The number of aryl methyl sites for hydroxylation is 2. The van der Waals surface area contributed by atoms with E-state index in [1.807, 2.05) is 19.2 Å². The summed E-state index contributed by atoms with van der Waals surface area (Å²) in [6, 6.07) is 3.04. The van der Waals surface area contributed by atoms with Crippen LogP contribution < -0.4 is 0 Å². The fourth-order valence-corrected chi connectivity index (χ4v) is 4.23. The number of piperidine rings is 1. The van der Waals surface area contributed by atoms with Crippen molar-refractivity contribution in [2.45, 2.75) is 51.6 Å². The zero-order valence-electron chi connectivity index (χ0n) is 15.5. The van der Waals surface area contributed by atoms with Gasteiger partial charge in [0.1, 0.15) is 11.5 Å². The summed E-state index contributed by atoms with van der Waals surface area (Å²) in [5, 5.41) is 0. The van der Waals surface area contributed by atoms with Gasteiger partial charge in [0.05, 0.1) is 6.04 Å². The molecule has 0 saturated carbocycles. The van der Waals surface area contributed by atoms with E-state index in [1.165, 1.54) is 38.9 Å². The van der Waals surface area contributed by atoms with Crippen molar-refractivity contribution in [2.24, 2.45) is 0 Å². The standard InChI is InChI=1S/C19H28N6/c1-13-11-16(18-20-12-14(2)22-18)23-19(21-13)17-5-4-8-25(17)15-6-9-24(3)10-7-15/h11-12,15,17H,4-10H2,1-3H3,(H,20,22)/t17-/m0/s1. The van der Waals surface area contributed by atoms with E-state index in [2.05, 4.69) is 33.7 Å². The highest BCUT2D eigenvalue weighted by molar-refractivity contribution is 5.50. The zero-order valence-corrected chi connectivity index (χ0v) is 15.5. The molecule has 2 fully saturated rings. The van der Waals surface area contributed by atoms with E-state index in [4.69, 9.17) is 9.97 Å². The average Bonchev–Trinajstić information content (AvgIpc) is 3.24. The Morgan fingerprint density at radius 2 is 1.88 bits per heavy atom. The van der Waals surface area contributed by atoms with E-state index in [0.29, 0.717) is 12.1 Å². The second kappa shape index (κ2) is 6.84. The van der Waals surface area contributed by atoms with Crippen molar-refractivity contribution in [3.05, 3.63) is 29.5 Å². The van der Waals surface area contributed by atoms with Gasteiger partial charge in [0, 0.05) is 23.6 Å². The summed E-state index contributed by atoms with van der Waals surface area (Å²) in [7, 11) is 2.22. The highest BCUT2D eigenvalue weighted by atomic mass is 15.2. The lowest BCUT2D eigenvalue weighted by molar-refractivity contribution is 0.107. The van der Waals surface area contributed by atoms with E-state index in [-0.39, 0.29) is 0 Å². The summed E-state index contributed by atoms with van der Waals surface area (Å²) in [4.78, 5) is 22.5. The summed E-state index contributed by atoms with van der Waals surface area (Å²) in [5.74, 6) is 1.81. The number of hydrogen-bond acceptors (Lipinski definition) is 5. The molecule has 0 aromatic carbocycles. The predicted molar refractivity (Wildman–Crippen MR) is 98.3 cm³/mol. The van der Waals surface area contributed by atoms with Gasteiger partial charge in [-0.3, -0.25) is 4.90 Å². The van der Waals surface area contributed by atoms with Gasteiger partial charge in [-0.2, -0.15) is 0 Å². The normalized spacial score (nSPS) is 23.4. The molecule has 0 spiro atoms. The van der Waals surface area contributed by atoms with Crippen molar-refractivity contribution in [2.75, 3.05) is 26.7 Å². The predicted octanol–water partition coefficient (Wildman–Crippen LogP) is 2.71. The van der Waals surface area contributed by atoms with Gasteiger partial charge in [-0.1, -0.05) is 0 Å². The average molecular weight is 340 g/mol. The molecule has 6 heteroatoms. The molecule has 134 valence electrons. The second-order valence-corrected chi connectivity index (χ2v) is 7.60. The smallest absolute Gasteiger partial charge is 0.156 e. The number of likely N-dealkylation sites (tertiary alicyclic amines) is 2. The van der Waals surface area contributed by atoms with Crippen LogP contribution in [0.5, 0.6) is 0 Å². The summed E-state index contributed by atoms with van der Waals surface area (Å²) < 4.78 is 0. The molecule has 25 heavy (non-hydrogen) atoms. The highest BCUT2D eigenvalue weighted by Crippen LogP contribution is 2.35. The molecular formula is C19H28N6. The van der Waals surface area contributed by atoms with Gasteiger partial charge in [-0.05, 0) is 72.3 Å². The molecule has 6 nitrogen and oxygen atoms in total. The molecule has 0 aliphatic carbocycles. The van der Waals surface area contributed by atoms with E-state index >= 15 is 0 Å². The summed E-state index contributed by atoms with van der Waals surface area (Å²) in [6.45, 7) is 7.63. The molecule has 0 unspecified atom stereocenters. The molecule has 4 rings (SSSR count). The third-order valence-corrected chi connectivity index (χ3v) is 5.57. The quantitative estimate of drug-likeness (QED) is 0.931. The maximum atomic E-state index is 4.90. The van der Waals surface area contributed by atoms with Crippen molar-refractivity contribution >= 4 is 0 Å². The van der Waals surface area contributed by atoms with Crippen LogP contribution in [0.2, 0.25) is 0 Å². The number of aromatic nitrogens is 4. The van der Waals surface area contributed by atoms with Crippen LogP contribution in [-0.2, 0) is 0 Å². The Morgan fingerprint density at radius 1 is 1.08 bits per heavy atom. The fraction of sp³-hybridized carbons (Fsp3) is 0.632. The monoisotopic (exact) mass is 340 g/mol. The van der Waals surface area contributed by atoms with Crippen molar-refractivity contribution in [1.29, 1.82) is 0 Å². The number of aromatic amines is 1. The van der Waals surface area contributed by atoms with E-state index < -0.39 is 0 Å². The van der Waals surface area contributed by atoms with Crippen molar-refractivity contribution in [1.82, 2.24) is 29.7 Å². The number of H-pyrrole nitrogens is 1. The third kappa shape index (κ3) is 3.46. The van der Waals surface area contributed by atoms with Crippen LogP contribution in [0.4, 0.5) is 0 Å². The Balaban J connectivity index is 1.61. The minimum Gasteiger partial charge on any atom is -0.341 e. The number of imidazole rings is 1. The van der Waals surface area contributed by atoms with Crippen LogP contribution in [0.1, 0.15) is 48.9 Å². The Kier molecular flexibility index (Phi) is 4.56. The minimum atomic E-state index is 0.350. The molecule has 2 aromatic rings. The maximum Gasteiger partial charge on any atom is 0.156 e. The van der Waals surface area contributed by atoms with Gasteiger partial charge >= 0.3 is 0 Å². The molecule has 0 bridgehead atoms. The van der Waals surface area contributed by atoms with Crippen LogP contribution >= 0.6 is 0 Å². The molecule has 1 N–H and O–H groups in total. The summed E-state index contributed by atoms with van der Waals surface area (Å²) in [5.41, 5.74) is 2.98. The topological polar surface area (TPSA) is 60.9 Å². The Bertz CT molecular complexity index is 731. The summed E-state index contributed by atoms with van der Waals surface area (Å²) in [6.07, 6.45) is 6.76. The number of nitrogens with one attached hydrogen (secondary N) is 1. The molecule has 2 aliphatic heterocycles. The van der Waals surface area contributed by atoms with Gasteiger partial charge in [-0.25, -0.2) is 15.0 Å². The number of nitrogens with zero attached hydrogens (tertiary/aromatic N) is 5. The first-order valence-electron chi connectivity index (χ1n) is 9.42. The maximum absolute atomic E-state index is 4.90. The highest BCUT2D eigenvalue weighted by Gasteiger charge is 2.35. The summed E-state index contributed by atoms with van der Waals surface area (Å²) >= 11 is 0. The lowest BCUT2D eigenvalue weighted by atomic mass is 10.0. The molecule has 1 atom stereocenters. The largest absolute Gasteiger partial charge is 0.341 e. The third-order valence-electron chi connectivity index (χ3n) is 5.57. The van der Waals surface area contributed by atoms with Gasteiger partial charge in [0.15, 0.2) is 5.82 Å². The van der Waals surface area contributed by atoms with E-state index in [0.717, 1.165) is 35.2 Å². The molecular weight excluding hydrogens is 312 g/mol.